The maximum atomic E-state index is 14.0. The van der Waals surface area contributed by atoms with Crippen molar-refractivity contribution in [1.29, 1.82) is 0 Å². The molecule has 3 heterocycles. The SMILES string of the molecule is CC(Oc1cc(-c2ccc3c(c2)OC2(CCNCC2)CC3)cnc1N)c1c(Cl)ccc(F)c1Cl. The van der Waals surface area contributed by atoms with Gasteiger partial charge < -0.3 is 20.5 Å². The molecule has 3 aromatic rings. The van der Waals surface area contributed by atoms with Crippen LogP contribution in [0.4, 0.5) is 10.2 Å². The molecule has 1 saturated heterocycles. The molecule has 5 rings (SSSR count). The molecule has 178 valence electrons. The Hall–Kier alpha value is -2.54. The average molecular weight is 502 g/mol. The van der Waals surface area contributed by atoms with Crippen LogP contribution in [0.1, 0.15) is 43.4 Å². The fourth-order valence-corrected chi connectivity index (χ4v) is 5.47. The van der Waals surface area contributed by atoms with Crippen molar-refractivity contribution < 1.29 is 13.9 Å². The fourth-order valence-electron chi connectivity index (χ4n) is 4.79. The largest absolute Gasteiger partial charge is 0.487 e. The zero-order chi connectivity index (χ0) is 23.9. The molecule has 5 nitrogen and oxygen atoms in total. The summed E-state index contributed by atoms with van der Waals surface area (Å²) >= 11 is 12.4. The van der Waals surface area contributed by atoms with E-state index in [2.05, 4.69) is 28.5 Å². The lowest BCUT2D eigenvalue weighted by Gasteiger charge is -2.41. The standard InChI is InChI=1S/C26H26Cl2FN3O2/c1-15(23-19(27)4-5-20(29)24(23)28)33-22-13-18(14-32-25(22)30)17-3-2-16-6-7-26(34-21(16)12-17)8-10-31-11-9-26/h2-5,12-15,31H,6-11H2,1H3,(H2,30,32). The van der Waals surface area contributed by atoms with Gasteiger partial charge >= 0.3 is 0 Å². The third kappa shape index (κ3) is 4.42. The Kier molecular flexibility index (Phi) is 6.32. The van der Waals surface area contributed by atoms with Crippen LogP contribution < -0.4 is 20.5 Å². The summed E-state index contributed by atoms with van der Waals surface area (Å²) in [5.74, 6) is 0.963. The van der Waals surface area contributed by atoms with E-state index in [0.29, 0.717) is 16.3 Å². The van der Waals surface area contributed by atoms with Gasteiger partial charge in [-0.2, -0.15) is 0 Å². The minimum Gasteiger partial charge on any atom is -0.487 e. The predicted octanol–water partition coefficient (Wildman–Crippen LogP) is 6.36. The minimum atomic E-state index is -0.637. The van der Waals surface area contributed by atoms with Crippen LogP contribution in [-0.4, -0.2) is 23.7 Å². The Morgan fingerprint density at radius 2 is 1.91 bits per heavy atom. The van der Waals surface area contributed by atoms with Gasteiger partial charge in [-0.25, -0.2) is 9.37 Å². The molecule has 0 bridgehead atoms. The van der Waals surface area contributed by atoms with Gasteiger partial charge in [-0.15, -0.1) is 0 Å². The van der Waals surface area contributed by atoms with E-state index in [1.807, 2.05) is 6.07 Å². The second-order valence-electron chi connectivity index (χ2n) is 8.98. The molecule has 2 aromatic carbocycles. The van der Waals surface area contributed by atoms with Crippen LogP contribution in [0.2, 0.25) is 10.0 Å². The summed E-state index contributed by atoms with van der Waals surface area (Å²) in [6.45, 7) is 3.70. The molecule has 2 aliphatic heterocycles. The van der Waals surface area contributed by atoms with Gasteiger partial charge in [-0.1, -0.05) is 35.3 Å². The van der Waals surface area contributed by atoms with Crippen LogP contribution in [0.15, 0.2) is 42.6 Å². The van der Waals surface area contributed by atoms with E-state index < -0.39 is 11.9 Å². The summed E-state index contributed by atoms with van der Waals surface area (Å²) in [4.78, 5) is 4.32. The first-order valence-corrected chi connectivity index (χ1v) is 12.2. The molecule has 8 heteroatoms. The first kappa shape index (κ1) is 23.2. The third-order valence-corrected chi connectivity index (χ3v) is 7.48. The van der Waals surface area contributed by atoms with E-state index in [1.165, 1.54) is 17.7 Å². The number of ether oxygens (including phenoxy) is 2. The van der Waals surface area contributed by atoms with Gasteiger partial charge in [0.05, 0.1) is 5.02 Å². The number of rotatable bonds is 4. The molecular weight excluding hydrogens is 476 g/mol. The smallest absolute Gasteiger partial charge is 0.166 e. The predicted molar refractivity (Wildman–Crippen MR) is 133 cm³/mol. The summed E-state index contributed by atoms with van der Waals surface area (Å²) < 4.78 is 26.6. The first-order valence-electron chi connectivity index (χ1n) is 11.4. The molecule has 34 heavy (non-hydrogen) atoms. The van der Waals surface area contributed by atoms with Crippen LogP contribution in [0.25, 0.3) is 11.1 Å². The lowest BCUT2D eigenvalue weighted by molar-refractivity contribution is 0.0170. The molecule has 1 fully saturated rings. The van der Waals surface area contributed by atoms with E-state index in [0.717, 1.165) is 55.6 Å². The van der Waals surface area contributed by atoms with E-state index in [4.69, 9.17) is 38.4 Å². The number of benzene rings is 2. The number of hydrogen-bond acceptors (Lipinski definition) is 5. The molecule has 0 amide bonds. The first-order chi connectivity index (χ1) is 16.3. The number of aromatic nitrogens is 1. The highest BCUT2D eigenvalue weighted by Gasteiger charge is 2.37. The third-order valence-electron chi connectivity index (χ3n) is 6.76. The highest BCUT2D eigenvalue weighted by molar-refractivity contribution is 6.36. The summed E-state index contributed by atoms with van der Waals surface area (Å²) in [6.07, 6.45) is 5.16. The maximum Gasteiger partial charge on any atom is 0.166 e. The van der Waals surface area contributed by atoms with Crippen LogP contribution in [-0.2, 0) is 6.42 Å². The molecule has 2 aliphatic rings. The number of fused-ring (bicyclic) bond motifs is 1. The van der Waals surface area contributed by atoms with Crippen molar-refractivity contribution in [2.75, 3.05) is 18.8 Å². The fraction of sp³-hybridized carbons (Fsp3) is 0.346. The van der Waals surface area contributed by atoms with Gasteiger partial charge in [0.25, 0.3) is 0 Å². The number of nitrogen functional groups attached to an aromatic ring is 1. The molecule has 1 atom stereocenters. The molecule has 0 radical (unpaired) electrons. The Morgan fingerprint density at radius 3 is 2.71 bits per heavy atom. The van der Waals surface area contributed by atoms with Gasteiger partial charge in [0.1, 0.15) is 23.3 Å². The van der Waals surface area contributed by atoms with Crippen molar-refractivity contribution in [2.45, 2.75) is 44.3 Å². The van der Waals surface area contributed by atoms with E-state index in [1.54, 1.807) is 13.1 Å². The lowest BCUT2D eigenvalue weighted by Crippen LogP contribution is -2.48. The van der Waals surface area contributed by atoms with Gasteiger partial charge in [-0.05, 0) is 81.1 Å². The van der Waals surface area contributed by atoms with Crippen LogP contribution in [0.3, 0.4) is 0 Å². The quantitative estimate of drug-likeness (QED) is 0.406. The minimum absolute atomic E-state index is 0.0682. The number of pyridine rings is 1. The van der Waals surface area contributed by atoms with Crippen molar-refractivity contribution in [1.82, 2.24) is 10.3 Å². The number of hydrogen-bond donors (Lipinski definition) is 2. The Balaban J connectivity index is 1.42. The van der Waals surface area contributed by atoms with Gasteiger partial charge in [0, 0.05) is 22.3 Å². The Bertz CT molecular complexity index is 1230. The molecule has 0 aliphatic carbocycles. The number of aryl methyl sites for hydroxylation is 1. The highest BCUT2D eigenvalue weighted by atomic mass is 35.5. The van der Waals surface area contributed by atoms with Crippen molar-refractivity contribution in [3.63, 3.8) is 0 Å². The van der Waals surface area contributed by atoms with Crippen LogP contribution in [0, 0.1) is 5.82 Å². The Morgan fingerprint density at radius 1 is 1.12 bits per heavy atom. The van der Waals surface area contributed by atoms with Crippen molar-refractivity contribution in [2.24, 2.45) is 0 Å². The van der Waals surface area contributed by atoms with Gasteiger partial charge in [-0.3, -0.25) is 0 Å². The number of piperidine rings is 1. The molecule has 0 saturated carbocycles. The Labute approximate surface area is 208 Å². The zero-order valence-electron chi connectivity index (χ0n) is 18.8. The monoisotopic (exact) mass is 501 g/mol. The molecular formula is C26H26Cl2FN3O2. The molecule has 1 aromatic heterocycles. The summed E-state index contributed by atoms with van der Waals surface area (Å²) in [7, 11) is 0. The average Bonchev–Trinajstić information content (AvgIpc) is 2.83. The van der Waals surface area contributed by atoms with Crippen LogP contribution in [0.5, 0.6) is 11.5 Å². The topological polar surface area (TPSA) is 69.4 Å². The number of nitrogens with one attached hydrogen (secondary N) is 1. The van der Waals surface area contributed by atoms with E-state index in [9.17, 15) is 4.39 Å². The second-order valence-corrected chi connectivity index (χ2v) is 9.77. The van der Waals surface area contributed by atoms with Gasteiger partial charge in [0.15, 0.2) is 11.6 Å². The zero-order valence-corrected chi connectivity index (χ0v) is 20.3. The number of nitrogens with zero attached hydrogens (tertiary/aromatic N) is 1. The molecule has 1 unspecified atom stereocenters. The summed E-state index contributed by atoms with van der Waals surface area (Å²) in [5.41, 5.74) is 9.39. The number of halogens is 3. The maximum absolute atomic E-state index is 14.0. The highest BCUT2D eigenvalue weighted by Crippen LogP contribution is 2.41. The van der Waals surface area contributed by atoms with Gasteiger partial charge in [0.2, 0.25) is 0 Å². The van der Waals surface area contributed by atoms with E-state index in [-0.39, 0.29) is 16.4 Å². The van der Waals surface area contributed by atoms with Crippen LogP contribution >= 0.6 is 23.2 Å². The van der Waals surface area contributed by atoms with Crippen molar-refractivity contribution >= 4 is 29.0 Å². The molecule has 3 N–H and O–H groups in total. The summed E-state index contributed by atoms with van der Waals surface area (Å²) in [5, 5.41) is 3.67. The number of nitrogens with two attached hydrogens (primary N) is 1. The molecule has 1 spiro atoms. The summed E-state index contributed by atoms with van der Waals surface area (Å²) in [6, 6.07) is 10.7. The number of anilines is 1. The second kappa shape index (κ2) is 9.25. The van der Waals surface area contributed by atoms with Crippen molar-refractivity contribution in [3.05, 3.63) is 69.6 Å². The lowest BCUT2D eigenvalue weighted by atomic mass is 9.83. The van der Waals surface area contributed by atoms with E-state index >= 15 is 0 Å². The normalized spacial score (nSPS) is 17.6. The van der Waals surface area contributed by atoms with Crippen molar-refractivity contribution in [3.8, 4) is 22.6 Å².